The Hall–Kier alpha value is -1.21. The predicted molar refractivity (Wildman–Crippen MR) is 53.5 cm³/mol. The maximum Gasteiger partial charge on any atom is 0.238 e. The number of benzene rings is 1. The third-order valence-corrected chi connectivity index (χ3v) is 2.55. The summed E-state index contributed by atoms with van der Waals surface area (Å²) in [5.41, 5.74) is 0. The number of sulfonamides is 1. The lowest BCUT2D eigenvalue weighted by Crippen LogP contribution is -2.14. The Balaban J connectivity index is 3.28. The second-order valence-electron chi connectivity index (χ2n) is 3.43. The van der Waals surface area contributed by atoms with Crippen LogP contribution < -0.4 is 9.88 Å². The van der Waals surface area contributed by atoms with Gasteiger partial charge >= 0.3 is 0 Å². The van der Waals surface area contributed by atoms with Gasteiger partial charge in [-0.2, -0.15) is 0 Å². The van der Waals surface area contributed by atoms with Crippen LogP contribution in [0.5, 0.6) is 5.75 Å². The summed E-state index contributed by atoms with van der Waals surface area (Å²) in [5, 5.41) is 4.74. The first-order chi connectivity index (χ1) is 7.21. The first kappa shape index (κ1) is 12.9. The highest BCUT2D eigenvalue weighted by molar-refractivity contribution is 7.89. The lowest BCUT2D eigenvalue weighted by atomic mass is 10.3. The van der Waals surface area contributed by atoms with Gasteiger partial charge in [0, 0.05) is 0 Å². The van der Waals surface area contributed by atoms with Crippen LogP contribution in [-0.4, -0.2) is 14.5 Å². The fourth-order valence-corrected chi connectivity index (χ4v) is 1.58. The van der Waals surface area contributed by atoms with E-state index in [0.29, 0.717) is 12.1 Å². The largest absolute Gasteiger partial charge is 0.485 e. The molecule has 0 unspecified atom stereocenters. The van der Waals surface area contributed by atoms with E-state index in [1.54, 1.807) is 13.8 Å². The summed E-state index contributed by atoms with van der Waals surface area (Å²) < 4.78 is 53.2. The van der Waals surface area contributed by atoms with Crippen LogP contribution in [0, 0.1) is 11.6 Å². The Labute approximate surface area is 92.1 Å². The Bertz CT molecular complexity index is 476. The van der Waals surface area contributed by atoms with Crippen LogP contribution in [0.15, 0.2) is 17.0 Å². The van der Waals surface area contributed by atoms with Crippen LogP contribution in [0.2, 0.25) is 0 Å². The van der Waals surface area contributed by atoms with Crippen LogP contribution in [0.25, 0.3) is 0 Å². The number of ether oxygens (including phenoxy) is 1. The topological polar surface area (TPSA) is 69.4 Å². The molecular formula is C9H11F2NO3S. The second-order valence-corrected chi connectivity index (χ2v) is 4.99. The summed E-state index contributed by atoms with van der Waals surface area (Å²) in [6.45, 7) is 3.18. The number of hydrogen-bond acceptors (Lipinski definition) is 3. The van der Waals surface area contributed by atoms with Gasteiger partial charge in [-0.25, -0.2) is 22.3 Å². The van der Waals surface area contributed by atoms with Crippen molar-refractivity contribution in [2.24, 2.45) is 5.14 Å². The fourth-order valence-electron chi connectivity index (χ4n) is 1.05. The molecular weight excluding hydrogens is 240 g/mol. The number of nitrogens with two attached hydrogens (primary N) is 1. The summed E-state index contributed by atoms with van der Waals surface area (Å²) in [4.78, 5) is -0.626. The quantitative estimate of drug-likeness (QED) is 0.882. The van der Waals surface area contributed by atoms with Gasteiger partial charge in [-0.1, -0.05) is 0 Å². The van der Waals surface area contributed by atoms with E-state index < -0.39 is 38.4 Å². The van der Waals surface area contributed by atoms with E-state index in [9.17, 15) is 17.2 Å². The Morgan fingerprint density at radius 3 is 2.00 bits per heavy atom. The highest BCUT2D eigenvalue weighted by atomic mass is 32.2. The third-order valence-electron chi connectivity index (χ3n) is 1.65. The molecule has 0 fully saturated rings. The van der Waals surface area contributed by atoms with Crippen molar-refractivity contribution in [3.05, 3.63) is 23.8 Å². The molecule has 4 nitrogen and oxygen atoms in total. The van der Waals surface area contributed by atoms with Crippen LogP contribution in [0.3, 0.4) is 0 Å². The summed E-state index contributed by atoms with van der Waals surface area (Å²) in [7, 11) is -4.13. The van der Waals surface area contributed by atoms with Gasteiger partial charge < -0.3 is 4.74 Å². The molecule has 0 radical (unpaired) electrons. The van der Waals surface area contributed by atoms with Gasteiger partial charge in [0.05, 0.1) is 11.0 Å². The highest BCUT2D eigenvalue weighted by Crippen LogP contribution is 2.25. The first-order valence-corrected chi connectivity index (χ1v) is 5.95. The van der Waals surface area contributed by atoms with E-state index >= 15 is 0 Å². The smallest absolute Gasteiger partial charge is 0.238 e. The normalized spacial score (nSPS) is 11.9. The van der Waals surface area contributed by atoms with Crippen molar-refractivity contribution in [3.8, 4) is 5.75 Å². The minimum atomic E-state index is -4.13. The van der Waals surface area contributed by atoms with Gasteiger partial charge in [-0.15, -0.1) is 0 Å². The van der Waals surface area contributed by atoms with Crippen LogP contribution in [0.1, 0.15) is 13.8 Å². The number of halogens is 2. The Morgan fingerprint density at radius 2 is 1.69 bits per heavy atom. The highest BCUT2D eigenvalue weighted by Gasteiger charge is 2.18. The SMILES string of the molecule is CC(C)Oc1c(F)cc(S(N)(=O)=O)cc1F. The molecule has 0 aliphatic heterocycles. The van der Waals surface area contributed by atoms with Crippen molar-refractivity contribution in [1.82, 2.24) is 0 Å². The van der Waals surface area contributed by atoms with E-state index in [0.717, 1.165) is 0 Å². The van der Waals surface area contributed by atoms with Gasteiger partial charge in [-0.3, -0.25) is 0 Å². The monoisotopic (exact) mass is 251 g/mol. The minimum Gasteiger partial charge on any atom is -0.485 e. The molecule has 16 heavy (non-hydrogen) atoms. The zero-order chi connectivity index (χ0) is 12.5. The zero-order valence-electron chi connectivity index (χ0n) is 8.70. The lowest BCUT2D eigenvalue weighted by molar-refractivity contribution is 0.219. The maximum atomic E-state index is 13.3. The molecule has 0 saturated heterocycles. The van der Waals surface area contributed by atoms with E-state index in [-0.39, 0.29) is 0 Å². The molecule has 2 N–H and O–H groups in total. The molecule has 0 heterocycles. The van der Waals surface area contributed by atoms with Gasteiger partial charge in [0.2, 0.25) is 10.0 Å². The molecule has 1 aromatic rings. The van der Waals surface area contributed by atoms with E-state index in [1.165, 1.54) is 0 Å². The Morgan fingerprint density at radius 1 is 1.25 bits per heavy atom. The lowest BCUT2D eigenvalue weighted by Gasteiger charge is -2.12. The molecule has 7 heteroatoms. The van der Waals surface area contributed by atoms with Crippen LogP contribution in [-0.2, 0) is 10.0 Å². The predicted octanol–water partition coefficient (Wildman–Crippen LogP) is 1.40. The van der Waals surface area contributed by atoms with Crippen molar-refractivity contribution < 1.29 is 21.9 Å². The van der Waals surface area contributed by atoms with E-state index in [4.69, 9.17) is 9.88 Å². The molecule has 0 aliphatic rings. The fraction of sp³-hybridized carbons (Fsp3) is 0.333. The van der Waals surface area contributed by atoms with E-state index in [2.05, 4.69) is 0 Å². The standard InChI is InChI=1S/C9H11F2NO3S/c1-5(2)15-9-7(10)3-6(4-8(9)11)16(12,13)14/h3-5H,1-2H3,(H2,12,13,14). The van der Waals surface area contributed by atoms with Crippen molar-refractivity contribution in [2.75, 3.05) is 0 Å². The molecule has 0 bridgehead atoms. The molecule has 0 aliphatic carbocycles. The second kappa shape index (κ2) is 4.34. The molecule has 1 rings (SSSR count). The molecule has 1 aromatic carbocycles. The molecule has 0 spiro atoms. The summed E-state index contributed by atoms with van der Waals surface area (Å²) in [6.07, 6.45) is -0.427. The molecule has 0 amide bonds. The minimum absolute atomic E-state index is 0.427. The summed E-state index contributed by atoms with van der Waals surface area (Å²) in [6, 6.07) is 1.24. The summed E-state index contributed by atoms with van der Waals surface area (Å²) >= 11 is 0. The maximum absolute atomic E-state index is 13.3. The third kappa shape index (κ3) is 2.89. The zero-order valence-corrected chi connectivity index (χ0v) is 9.51. The van der Waals surface area contributed by atoms with Gasteiger partial charge in [0.25, 0.3) is 0 Å². The van der Waals surface area contributed by atoms with Crippen LogP contribution in [0.4, 0.5) is 8.78 Å². The molecule has 0 aromatic heterocycles. The van der Waals surface area contributed by atoms with Gasteiger partial charge in [0.15, 0.2) is 17.4 Å². The van der Waals surface area contributed by atoms with Crippen molar-refractivity contribution in [3.63, 3.8) is 0 Å². The molecule has 0 saturated carbocycles. The molecule has 90 valence electrons. The Kier molecular flexibility index (Phi) is 3.49. The molecule has 0 atom stereocenters. The summed E-state index contributed by atoms with van der Waals surface area (Å²) in [5.74, 6) is -2.81. The van der Waals surface area contributed by atoms with Crippen molar-refractivity contribution in [2.45, 2.75) is 24.8 Å². The number of hydrogen-bond donors (Lipinski definition) is 1. The first-order valence-electron chi connectivity index (χ1n) is 4.40. The number of primary sulfonamides is 1. The average molecular weight is 251 g/mol. The number of rotatable bonds is 3. The van der Waals surface area contributed by atoms with Crippen molar-refractivity contribution in [1.29, 1.82) is 0 Å². The average Bonchev–Trinajstić information content (AvgIpc) is 2.09. The van der Waals surface area contributed by atoms with Gasteiger partial charge in [-0.05, 0) is 26.0 Å². The van der Waals surface area contributed by atoms with Crippen molar-refractivity contribution >= 4 is 10.0 Å². The van der Waals surface area contributed by atoms with Gasteiger partial charge in [0.1, 0.15) is 0 Å². The van der Waals surface area contributed by atoms with E-state index in [1.807, 2.05) is 0 Å². The van der Waals surface area contributed by atoms with Crippen LogP contribution >= 0.6 is 0 Å².